The summed E-state index contributed by atoms with van der Waals surface area (Å²) in [5, 5.41) is 11.5. The van der Waals surface area contributed by atoms with Crippen molar-refractivity contribution in [1.82, 2.24) is 9.55 Å². The Kier molecular flexibility index (Phi) is 4.32. The van der Waals surface area contributed by atoms with Crippen LogP contribution in [0, 0.1) is 6.92 Å². The number of carboxylic acids is 1. The van der Waals surface area contributed by atoms with E-state index in [0.29, 0.717) is 17.6 Å². The summed E-state index contributed by atoms with van der Waals surface area (Å²) < 4.78 is 1.51. The second-order valence-electron chi connectivity index (χ2n) is 5.17. The van der Waals surface area contributed by atoms with Gasteiger partial charge in [0, 0.05) is 28.3 Å². The van der Waals surface area contributed by atoms with Crippen molar-refractivity contribution in [3.8, 4) is 10.4 Å². The molecule has 5 nitrogen and oxygen atoms in total. The number of nitrogens with zero attached hydrogens (tertiary/aromatic N) is 2. The number of rotatable bonds is 5. The molecule has 0 aliphatic heterocycles. The fraction of sp³-hybridized carbons (Fsp3) is 0.312. The molecular formula is C16H16N2O3S2. The maximum Gasteiger partial charge on any atom is 0.305 e. The van der Waals surface area contributed by atoms with E-state index in [-0.39, 0.29) is 18.5 Å². The van der Waals surface area contributed by atoms with Crippen LogP contribution in [0.5, 0.6) is 0 Å². The molecule has 1 N–H and O–H groups in total. The number of thiophene rings is 2. The van der Waals surface area contributed by atoms with Gasteiger partial charge in [-0.1, -0.05) is 13.0 Å². The summed E-state index contributed by atoms with van der Waals surface area (Å²) >= 11 is 3.11. The molecule has 3 aromatic heterocycles. The second kappa shape index (κ2) is 6.25. The lowest BCUT2D eigenvalue weighted by molar-refractivity contribution is -0.137. The molecule has 0 amide bonds. The van der Waals surface area contributed by atoms with E-state index >= 15 is 0 Å². The summed E-state index contributed by atoms with van der Waals surface area (Å²) in [6, 6.07) is 3.95. The third kappa shape index (κ3) is 2.82. The van der Waals surface area contributed by atoms with Gasteiger partial charge in [-0.25, -0.2) is 4.98 Å². The summed E-state index contributed by atoms with van der Waals surface area (Å²) in [6.07, 6.45) is 0.508. The van der Waals surface area contributed by atoms with Gasteiger partial charge in [0.15, 0.2) is 0 Å². The van der Waals surface area contributed by atoms with E-state index < -0.39 is 5.97 Å². The number of hydrogen-bond donors (Lipinski definition) is 1. The molecule has 0 radical (unpaired) electrons. The average Bonchev–Trinajstić information content (AvgIpc) is 3.12. The monoisotopic (exact) mass is 348 g/mol. The maximum absolute atomic E-state index is 13.0. The van der Waals surface area contributed by atoms with Crippen molar-refractivity contribution in [2.75, 3.05) is 0 Å². The van der Waals surface area contributed by atoms with Crippen molar-refractivity contribution < 1.29 is 9.90 Å². The lowest BCUT2D eigenvalue weighted by Gasteiger charge is -2.10. The van der Waals surface area contributed by atoms with E-state index in [1.807, 2.05) is 31.4 Å². The Balaban J connectivity index is 2.28. The van der Waals surface area contributed by atoms with Crippen LogP contribution in [0.15, 0.2) is 22.3 Å². The van der Waals surface area contributed by atoms with Gasteiger partial charge in [0.1, 0.15) is 10.7 Å². The van der Waals surface area contributed by atoms with Gasteiger partial charge in [-0.05, 0) is 18.4 Å². The molecule has 3 aromatic rings. The highest BCUT2D eigenvalue weighted by Gasteiger charge is 2.19. The Morgan fingerprint density at radius 2 is 2.22 bits per heavy atom. The van der Waals surface area contributed by atoms with Crippen LogP contribution in [0.25, 0.3) is 20.7 Å². The molecule has 0 atom stereocenters. The normalized spacial score (nSPS) is 11.2. The lowest BCUT2D eigenvalue weighted by Crippen LogP contribution is -2.26. The van der Waals surface area contributed by atoms with E-state index in [4.69, 9.17) is 5.11 Å². The highest BCUT2D eigenvalue weighted by Crippen LogP contribution is 2.37. The first-order valence-electron chi connectivity index (χ1n) is 7.31. The number of aryl methyl sites for hydroxylation is 2. The molecule has 0 bridgehead atoms. The molecule has 0 unspecified atom stereocenters. The van der Waals surface area contributed by atoms with E-state index in [1.165, 1.54) is 15.9 Å². The highest BCUT2D eigenvalue weighted by atomic mass is 32.1. The molecule has 3 rings (SSSR count). The van der Waals surface area contributed by atoms with E-state index in [0.717, 1.165) is 20.1 Å². The Morgan fingerprint density at radius 1 is 1.43 bits per heavy atom. The molecule has 0 saturated heterocycles. The predicted molar refractivity (Wildman–Crippen MR) is 93.6 cm³/mol. The number of aromatic nitrogens is 2. The van der Waals surface area contributed by atoms with Crippen LogP contribution in [-0.2, 0) is 17.8 Å². The largest absolute Gasteiger partial charge is 0.481 e. The van der Waals surface area contributed by atoms with Gasteiger partial charge in [-0.15, -0.1) is 22.7 Å². The molecule has 23 heavy (non-hydrogen) atoms. The zero-order chi connectivity index (χ0) is 16.6. The van der Waals surface area contributed by atoms with Crippen LogP contribution >= 0.6 is 22.7 Å². The van der Waals surface area contributed by atoms with Crippen LogP contribution in [0.2, 0.25) is 0 Å². The summed E-state index contributed by atoms with van der Waals surface area (Å²) in [5.74, 6) is -0.276. The summed E-state index contributed by atoms with van der Waals surface area (Å²) in [6.45, 7) is 4.07. The van der Waals surface area contributed by atoms with Gasteiger partial charge < -0.3 is 5.11 Å². The number of carboxylic acid groups (broad SMARTS) is 1. The molecule has 0 aliphatic rings. The number of carbonyl (C=O) groups is 1. The minimum Gasteiger partial charge on any atom is -0.481 e. The quantitative estimate of drug-likeness (QED) is 0.765. The molecular weight excluding hydrogens is 332 g/mol. The van der Waals surface area contributed by atoms with Crippen molar-refractivity contribution in [2.24, 2.45) is 0 Å². The van der Waals surface area contributed by atoms with Crippen molar-refractivity contribution in [2.45, 2.75) is 33.2 Å². The zero-order valence-corrected chi connectivity index (χ0v) is 14.5. The van der Waals surface area contributed by atoms with Crippen LogP contribution in [-0.4, -0.2) is 20.6 Å². The topological polar surface area (TPSA) is 72.2 Å². The molecule has 0 aliphatic carbocycles. The minimum atomic E-state index is -0.918. The fourth-order valence-corrected chi connectivity index (χ4v) is 4.61. The molecule has 0 spiro atoms. The minimum absolute atomic E-state index is 0.0858. The van der Waals surface area contributed by atoms with Crippen molar-refractivity contribution in [3.05, 3.63) is 38.6 Å². The summed E-state index contributed by atoms with van der Waals surface area (Å²) in [4.78, 5) is 31.3. The van der Waals surface area contributed by atoms with Gasteiger partial charge in [0.2, 0.25) is 0 Å². The van der Waals surface area contributed by atoms with Crippen LogP contribution < -0.4 is 5.56 Å². The van der Waals surface area contributed by atoms with Crippen LogP contribution in [0.1, 0.15) is 24.0 Å². The third-order valence-corrected chi connectivity index (χ3v) is 5.59. The van der Waals surface area contributed by atoms with Crippen LogP contribution in [0.3, 0.4) is 0 Å². The first-order chi connectivity index (χ1) is 11.0. The molecule has 3 heterocycles. The molecule has 0 fully saturated rings. The predicted octanol–water partition coefficient (Wildman–Crippen LogP) is 3.53. The Bertz CT molecular complexity index is 923. The molecule has 0 aromatic carbocycles. The fourth-order valence-electron chi connectivity index (χ4n) is 2.66. The first kappa shape index (κ1) is 15.9. The van der Waals surface area contributed by atoms with Gasteiger partial charge in [0.05, 0.1) is 11.8 Å². The second-order valence-corrected chi connectivity index (χ2v) is 7.32. The maximum atomic E-state index is 13.0. The zero-order valence-electron chi connectivity index (χ0n) is 12.8. The lowest BCUT2D eigenvalue weighted by atomic mass is 10.1. The van der Waals surface area contributed by atoms with Crippen molar-refractivity contribution >= 4 is 38.9 Å². The smallest absolute Gasteiger partial charge is 0.305 e. The third-order valence-electron chi connectivity index (χ3n) is 3.70. The number of fused-ring (bicyclic) bond motifs is 1. The molecule has 0 saturated carbocycles. The van der Waals surface area contributed by atoms with Gasteiger partial charge in [0.25, 0.3) is 5.56 Å². The average molecular weight is 348 g/mol. The Hall–Kier alpha value is -1.99. The van der Waals surface area contributed by atoms with Gasteiger partial charge in [-0.3, -0.25) is 14.2 Å². The molecule has 7 heteroatoms. The summed E-state index contributed by atoms with van der Waals surface area (Å²) in [5.41, 5.74) is 0.796. The Labute approximate surface area is 140 Å². The summed E-state index contributed by atoms with van der Waals surface area (Å²) in [7, 11) is 0. The van der Waals surface area contributed by atoms with Gasteiger partial charge in [-0.2, -0.15) is 0 Å². The highest BCUT2D eigenvalue weighted by molar-refractivity contribution is 7.20. The molecule has 120 valence electrons. The van der Waals surface area contributed by atoms with Crippen LogP contribution in [0.4, 0.5) is 0 Å². The number of aliphatic carboxylic acids is 1. The SMILES string of the molecule is CCc1nc2sc(C)c(-c3cccs3)c2c(=O)n1CCC(=O)O. The Morgan fingerprint density at radius 3 is 2.83 bits per heavy atom. The number of hydrogen-bond acceptors (Lipinski definition) is 5. The van der Waals surface area contributed by atoms with E-state index in [9.17, 15) is 9.59 Å². The standard InChI is InChI=1S/C16H16N2O3S2/c1-3-11-17-15-14(16(21)18(11)7-6-12(19)20)13(9(2)23-15)10-5-4-8-22-10/h4-5,8H,3,6-7H2,1-2H3,(H,19,20). The van der Waals surface area contributed by atoms with Gasteiger partial charge >= 0.3 is 5.97 Å². The van der Waals surface area contributed by atoms with Crippen molar-refractivity contribution in [1.29, 1.82) is 0 Å². The van der Waals surface area contributed by atoms with E-state index in [1.54, 1.807) is 11.3 Å². The first-order valence-corrected chi connectivity index (χ1v) is 9.01. The van der Waals surface area contributed by atoms with E-state index in [2.05, 4.69) is 4.98 Å². The van der Waals surface area contributed by atoms with Crippen molar-refractivity contribution in [3.63, 3.8) is 0 Å².